The largest absolute Gasteiger partial charge is 0.497 e. The van der Waals surface area contributed by atoms with Gasteiger partial charge in [0.1, 0.15) is 5.75 Å². The first kappa shape index (κ1) is 11.6. The second-order valence-corrected chi connectivity index (χ2v) is 4.90. The van der Waals surface area contributed by atoms with Gasteiger partial charge in [-0.2, -0.15) is 0 Å². The van der Waals surface area contributed by atoms with E-state index in [1.54, 1.807) is 7.11 Å². The normalized spacial score (nSPS) is 19.0. The van der Waals surface area contributed by atoms with Gasteiger partial charge in [-0.05, 0) is 44.1 Å². The van der Waals surface area contributed by atoms with Crippen LogP contribution in [0.5, 0.6) is 5.75 Å². The number of piperidine rings is 1. The van der Waals surface area contributed by atoms with Crippen molar-refractivity contribution in [3.8, 4) is 5.75 Å². The first-order chi connectivity index (χ1) is 8.73. The van der Waals surface area contributed by atoms with Crippen LogP contribution >= 0.6 is 0 Å². The summed E-state index contributed by atoms with van der Waals surface area (Å²) in [5, 5.41) is 15.1. The molecular weight excluding hydrogens is 228 g/mol. The van der Waals surface area contributed by atoms with Crippen LogP contribution in [0.4, 0.5) is 0 Å². The highest BCUT2D eigenvalue weighted by atomic mass is 16.5. The van der Waals surface area contributed by atoms with Gasteiger partial charge in [0.05, 0.1) is 12.7 Å². The maximum absolute atomic E-state index is 10.8. The molecule has 2 heterocycles. The summed E-state index contributed by atoms with van der Waals surface area (Å²) in [6, 6.07) is 5.90. The fraction of sp³-hybridized carbons (Fsp3) is 0.429. The number of aromatic nitrogens is 1. The minimum atomic E-state index is -0.726. The Labute approximate surface area is 106 Å². The topological polar surface area (TPSA) is 57.3 Å². The number of aliphatic hydroxyl groups is 1. The number of nitrogens with one attached hydrogen (secondary N) is 2. The molecule has 4 nitrogen and oxygen atoms in total. The summed E-state index contributed by atoms with van der Waals surface area (Å²) >= 11 is 0. The average molecular weight is 246 g/mol. The van der Waals surface area contributed by atoms with Crippen molar-refractivity contribution in [2.24, 2.45) is 0 Å². The summed E-state index contributed by atoms with van der Waals surface area (Å²) in [7, 11) is 1.66. The Hall–Kier alpha value is -1.52. The molecule has 4 heteroatoms. The Morgan fingerprint density at radius 1 is 1.28 bits per heavy atom. The Bertz CT molecular complexity index is 556. The van der Waals surface area contributed by atoms with Crippen molar-refractivity contribution in [3.63, 3.8) is 0 Å². The third kappa shape index (κ3) is 1.78. The van der Waals surface area contributed by atoms with Gasteiger partial charge in [-0.3, -0.25) is 0 Å². The number of rotatable bonds is 2. The van der Waals surface area contributed by atoms with Gasteiger partial charge in [0.15, 0.2) is 0 Å². The molecule has 2 aromatic rings. The lowest BCUT2D eigenvalue weighted by Gasteiger charge is -2.32. The zero-order chi connectivity index (χ0) is 12.6. The first-order valence-corrected chi connectivity index (χ1v) is 6.32. The third-order valence-corrected chi connectivity index (χ3v) is 3.82. The maximum atomic E-state index is 10.8. The van der Waals surface area contributed by atoms with Crippen molar-refractivity contribution < 1.29 is 9.84 Å². The van der Waals surface area contributed by atoms with Gasteiger partial charge < -0.3 is 20.1 Å². The van der Waals surface area contributed by atoms with Gasteiger partial charge in [0.25, 0.3) is 0 Å². The molecule has 0 spiro atoms. The number of H-pyrrole nitrogens is 1. The molecule has 0 bridgehead atoms. The molecule has 3 N–H and O–H groups in total. The van der Waals surface area contributed by atoms with E-state index in [2.05, 4.69) is 10.3 Å². The van der Waals surface area contributed by atoms with E-state index in [4.69, 9.17) is 4.74 Å². The van der Waals surface area contributed by atoms with Crippen molar-refractivity contribution >= 4 is 10.9 Å². The molecule has 1 fully saturated rings. The fourth-order valence-corrected chi connectivity index (χ4v) is 2.72. The van der Waals surface area contributed by atoms with E-state index in [-0.39, 0.29) is 0 Å². The SMILES string of the molecule is COc1ccc2[nH]cc(C3(O)CCNCC3)c2c1. The van der Waals surface area contributed by atoms with Gasteiger partial charge in [0, 0.05) is 22.7 Å². The average Bonchev–Trinajstić information content (AvgIpc) is 2.83. The van der Waals surface area contributed by atoms with Crippen molar-refractivity contribution in [2.75, 3.05) is 20.2 Å². The van der Waals surface area contributed by atoms with E-state index in [1.165, 1.54) is 0 Å². The molecular formula is C14H18N2O2. The molecule has 1 aromatic heterocycles. The van der Waals surface area contributed by atoms with E-state index in [0.717, 1.165) is 48.1 Å². The molecule has 3 rings (SSSR count). The monoisotopic (exact) mass is 246 g/mol. The minimum absolute atomic E-state index is 0.726. The molecule has 0 amide bonds. The summed E-state index contributed by atoms with van der Waals surface area (Å²) in [6.07, 6.45) is 3.42. The Morgan fingerprint density at radius 2 is 2.06 bits per heavy atom. The van der Waals surface area contributed by atoms with Crippen LogP contribution in [0.2, 0.25) is 0 Å². The quantitative estimate of drug-likeness (QED) is 0.756. The molecule has 0 aliphatic carbocycles. The Balaban J connectivity index is 2.10. The van der Waals surface area contributed by atoms with Crippen molar-refractivity contribution in [3.05, 3.63) is 30.0 Å². The van der Waals surface area contributed by atoms with Gasteiger partial charge in [-0.25, -0.2) is 0 Å². The number of ether oxygens (including phenoxy) is 1. The van der Waals surface area contributed by atoms with E-state index in [9.17, 15) is 5.11 Å². The summed E-state index contributed by atoms with van der Waals surface area (Å²) in [5.41, 5.74) is 1.30. The van der Waals surface area contributed by atoms with Gasteiger partial charge in [-0.15, -0.1) is 0 Å². The second-order valence-electron chi connectivity index (χ2n) is 4.90. The zero-order valence-corrected chi connectivity index (χ0v) is 10.5. The lowest BCUT2D eigenvalue weighted by molar-refractivity contribution is 0.00735. The molecule has 0 unspecified atom stereocenters. The second kappa shape index (κ2) is 4.30. The fourth-order valence-electron chi connectivity index (χ4n) is 2.72. The molecule has 0 atom stereocenters. The zero-order valence-electron chi connectivity index (χ0n) is 10.5. The van der Waals surface area contributed by atoms with Crippen LogP contribution in [0.25, 0.3) is 10.9 Å². The van der Waals surface area contributed by atoms with E-state index in [1.807, 2.05) is 24.4 Å². The minimum Gasteiger partial charge on any atom is -0.497 e. The molecule has 1 aromatic carbocycles. The van der Waals surface area contributed by atoms with Crippen LogP contribution in [0, 0.1) is 0 Å². The Kier molecular flexibility index (Phi) is 2.76. The number of hydrogen-bond acceptors (Lipinski definition) is 3. The Morgan fingerprint density at radius 3 is 2.78 bits per heavy atom. The van der Waals surface area contributed by atoms with Crippen LogP contribution in [0.15, 0.2) is 24.4 Å². The highest BCUT2D eigenvalue weighted by molar-refractivity contribution is 5.85. The highest BCUT2D eigenvalue weighted by Crippen LogP contribution is 2.36. The predicted molar refractivity (Wildman–Crippen MR) is 70.9 cm³/mol. The summed E-state index contributed by atoms with van der Waals surface area (Å²) < 4.78 is 5.26. The van der Waals surface area contributed by atoms with Crippen LogP contribution in [-0.2, 0) is 5.60 Å². The first-order valence-electron chi connectivity index (χ1n) is 6.32. The third-order valence-electron chi connectivity index (χ3n) is 3.82. The standard InChI is InChI=1S/C14H18N2O2/c1-18-10-2-3-13-11(8-10)12(9-16-13)14(17)4-6-15-7-5-14/h2-3,8-9,15-17H,4-7H2,1H3. The number of methoxy groups -OCH3 is 1. The molecule has 18 heavy (non-hydrogen) atoms. The molecule has 1 aliphatic rings. The van der Waals surface area contributed by atoms with Gasteiger partial charge in [0.2, 0.25) is 0 Å². The highest BCUT2D eigenvalue weighted by Gasteiger charge is 2.33. The molecule has 0 saturated carbocycles. The van der Waals surface area contributed by atoms with Crippen molar-refractivity contribution in [1.29, 1.82) is 0 Å². The van der Waals surface area contributed by atoms with Gasteiger partial charge in [-0.1, -0.05) is 0 Å². The maximum Gasteiger partial charge on any atom is 0.119 e. The van der Waals surface area contributed by atoms with Crippen molar-refractivity contribution in [1.82, 2.24) is 10.3 Å². The van der Waals surface area contributed by atoms with Crippen LogP contribution in [0.3, 0.4) is 0 Å². The number of hydrogen-bond donors (Lipinski definition) is 3. The van der Waals surface area contributed by atoms with Crippen LogP contribution in [-0.4, -0.2) is 30.3 Å². The molecule has 1 saturated heterocycles. The predicted octanol–water partition coefficient (Wildman–Crippen LogP) is 1.75. The van der Waals surface area contributed by atoms with Crippen LogP contribution in [0.1, 0.15) is 18.4 Å². The summed E-state index contributed by atoms with van der Waals surface area (Å²) in [5.74, 6) is 0.820. The number of benzene rings is 1. The molecule has 96 valence electrons. The summed E-state index contributed by atoms with van der Waals surface area (Å²) in [6.45, 7) is 1.71. The number of fused-ring (bicyclic) bond motifs is 1. The lowest BCUT2D eigenvalue weighted by Crippen LogP contribution is -2.39. The van der Waals surface area contributed by atoms with E-state index in [0.29, 0.717) is 0 Å². The molecule has 0 radical (unpaired) electrons. The van der Waals surface area contributed by atoms with Crippen LogP contribution < -0.4 is 10.1 Å². The van der Waals surface area contributed by atoms with E-state index >= 15 is 0 Å². The van der Waals surface area contributed by atoms with E-state index < -0.39 is 5.60 Å². The number of aromatic amines is 1. The van der Waals surface area contributed by atoms with Crippen molar-refractivity contribution in [2.45, 2.75) is 18.4 Å². The summed E-state index contributed by atoms with van der Waals surface area (Å²) in [4.78, 5) is 3.23. The molecule has 1 aliphatic heterocycles. The smallest absolute Gasteiger partial charge is 0.119 e. The lowest BCUT2D eigenvalue weighted by atomic mass is 9.85. The van der Waals surface area contributed by atoms with Gasteiger partial charge >= 0.3 is 0 Å².